The molecular weight excluding hydrogens is 747 g/mol. The first kappa shape index (κ1) is 48.3. The third kappa shape index (κ3) is 16.0. The monoisotopic (exact) mass is 831 g/mol. The van der Waals surface area contributed by atoms with Crippen LogP contribution in [0.5, 0.6) is 0 Å². The molecule has 0 aliphatic carbocycles. The number of allylic oxidation sites excluding steroid dienone is 2. The average molecular weight is 832 g/mol. The van der Waals surface area contributed by atoms with Crippen LogP contribution in [-0.4, -0.2) is 4.70 Å². The van der Waals surface area contributed by atoms with Gasteiger partial charge in [0.05, 0.1) is 0 Å². The Hall–Kier alpha value is -1.82. The van der Waals surface area contributed by atoms with Crippen LogP contribution in [0.3, 0.4) is 0 Å². The summed E-state index contributed by atoms with van der Waals surface area (Å²) in [5, 5.41) is 0. The minimum absolute atomic E-state index is 0.978. The number of rotatable bonds is 28. The summed E-state index contributed by atoms with van der Waals surface area (Å²) in [5.41, 5.74) is 27.4. The van der Waals surface area contributed by atoms with Crippen LogP contribution >= 0.6 is 0 Å². The maximum absolute atomic E-state index is 12.3. The molecule has 1 aliphatic rings. The number of hydrogen-bond donors (Lipinski definition) is 0. The van der Waals surface area contributed by atoms with Crippen LogP contribution in [0.4, 0.5) is 0 Å². The van der Waals surface area contributed by atoms with Gasteiger partial charge in [0.1, 0.15) is 0 Å². The number of benzene rings is 2. The maximum atomic E-state index is 12.3. The Balaban J connectivity index is 0.00000188. The Morgan fingerprint density at radius 3 is 1.19 bits per heavy atom. The molecule has 0 unspecified atom stereocenters. The second-order valence-corrected chi connectivity index (χ2v) is 18.6. The van der Waals surface area contributed by atoms with Crippen molar-refractivity contribution in [3.05, 3.63) is 86.0 Å². The van der Waals surface area contributed by atoms with Crippen LogP contribution in [0.25, 0.3) is 16.9 Å². The molecule has 0 saturated heterocycles. The van der Waals surface area contributed by atoms with Crippen molar-refractivity contribution in [2.75, 3.05) is 0 Å². The van der Waals surface area contributed by atoms with Gasteiger partial charge < -0.3 is 5.53 Å². The molecule has 0 saturated carbocycles. The van der Waals surface area contributed by atoms with Crippen LogP contribution in [0.2, 0.25) is 9.79 Å². The molecule has 3 rings (SSSR count). The molecule has 0 atom stereocenters. The zero-order chi connectivity index (χ0) is 39.6. The number of nitrogens with zero attached hydrogens (tertiary/aromatic N) is 2. The molecule has 2 aromatic carbocycles. The van der Waals surface area contributed by atoms with E-state index in [0.29, 0.717) is 0 Å². The summed E-state index contributed by atoms with van der Waals surface area (Å²) in [6, 6.07) is 9.90. The van der Waals surface area contributed by atoms with Gasteiger partial charge in [0, 0.05) is 22.8 Å². The van der Waals surface area contributed by atoms with E-state index in [9.17, 15) is 5.53 Å². The average Bonchev–Trinajstić information content (AvgIpc) is 3.51. The Labute approximate surface area is 344 Å². The molecule has 0 bridgehead atoms. The normalized spacial score (nSPS) is 12.8. The minimum atomic E-state index is 0.978. The van der Waals surface area contributed by atoms with E-state index in [-0.39, 0.29) is 0 Å². The van der Waals surface area contributed by atoms with E-state index < -0.39 is 0 Å². The molecule has 3 heteroatoms. The van der Waals surface area contributed by atoms with Crippen LogP contribution in [0.15, 0.2) is 35.9 Å². The van der Waals surface area contributed by atoms with Gasteiger partial charge in [-0.2, -0.15) is 0 Å². The topological polar surface area (TPSA) is 25.3 Å². The molecule has 2 nitrogen and oxygen atoms in total. The van der Waals surface area contributed by atoms with Gasteiger partial charge in [-0.3, -0.25) is 0 Å². The van der Waals surface area contributed by atoms with E-state index in [2.05, 4.69) is 92.7 Å². The van der Waals surface area contributed by atoms with Crippen molar-refractivity contribution in [3.63, 3.8) is 0 Å². The van der Waals surface area contributed by atoms with Crippen molar-refractivity contribution in [3.8, 4) is 0 Å². The molecule has 0 fully saturated rings. The van der Waals surface area contributed by atoms with Crippen molar-refractivity contribution in [2.45, 2.75) is 226 Å². The number of hydrogen-bond acceptors (Lipinski definition) is 0. The molecule has 1 heterocycles. The predicted octanol–water partition coefficient (Wildman–Crippen LogP) is 16.8. The first-order chi connectivity index (χ1) is 26.4. The Morgan fingerprint density at radius 1 is 0.426 bits per heavy atom. The van der Waals surface area contributed by atoms with Crippen molar-refractivity contribution in [1.82, 2.24) is 0 Å². The van der Waals surface area contributed by atoms with Gasteiger partial charge in [-0.05, 0) is 148 Å². The summed E-state index contributed by atoms with van der Waals surface area (Å²) in [6.45, 7) is 20.6. The molecule has 0 N–H and O–H groups in total. The van der Waals surface area contributed by atoms with Crippen LogP contribution < -0.4 is 0 Å². The Bertz CT molecular complexity index is 1350. The van der Waals surface area contributed by atoms with Gasteiger partial charge in [0.2, 0.25) is 11.4 Å². The molecule has 0 amide bonds. The molecule has 0 spiro atoms. The fraction of sp³-hybridized carbons (Fsp3) is 0.686. The van der Waals surface area contributed by atoms with E-state index in [1.165, 1.54) is 147 Å². The summed E-state index contributed by atoms with van der Waals surface area (Å²) in [6.07, 6.45) is 31.3. The van der Waals surface area contributed by atoms with Gasteiger partial charge in [-0.1, -0.05) is 113 Å². The van der Waals surface area contributed by atoms with E-state index >= 15 is 0 Å². The fourth-order valence-corrected chi connectivity index (χ4v) is 8.74. The SMILES string of the molecule is CCCCCc1cc(C2=C(CCCC)C=C(c3cc(CCCC)c(CCCC)c(CCCC)c3)[N+]2=[N-])cc(CCCCC)c1CCCCC.C[CH2][Pd][CH2]C. The zero-order valence-corrected chi connectivity index (χ0v) is 38.5. The summed E-state index contributed by atoms with van der Waals surface area (Å²) in [7, 11) is 0. The fourth-order valence-electron chi connectivity index (χ4n) is 7.97. The third-order valence-corrected chi connectivity index (χ3v) is 12.7. The van der Waals surface area contributed by atoms with E-state index in [4.69, 9.17) is 0 Å². The molecule has 308 valence electrons. The van der Waals surface area contributed by atoms with Crippen LogP contribution in [0, 0.1) is 0 Å². The second-order valence-electron chi connectivity index (χ2n) is 15.7. The second kappa shape index (κ2) is 29.4. The Kier molecular flexibility index (Phi) is 26.3. The van der Waals surface area contributed by atoms with Crippen molar-refractivity contribution < 1.29 is 22.7 Å². The zero-order valence-electron chi connectivity index (χ0n) is 37.0. The summed E-state index contributed by atoms with van der Waals surface area (Å²) >= 11 is 1.04. The van der Waals surface area contributed by atoms with Crippen LogP contribution in [0.1, 0.15) is 222 Å². The summed E-state index contributed by atoms with van der Waals surface area (Å²) in [4.78, 5) is 2.79. The van der Waals surface area contributed by atoms with E-state index in [1.54, 1.807) is 27.0 Å². The van der Waals surface area contributed by atoms with Gasteiger partial charge in [-0.15, -0.1) is 0 Å². The van der Waals surface area contributed by atoms with E-state index in [0.717, 1.165) is 74.3 Å². The summed E-state index contributed by atoms with van der Waals surface area (Å²) < 4.78 is 1.61. The van der Waals surface area contributed by atoms with Crippen molar-refractivity contribution in [1.29, 1.82) is 0 Å². The van der Waals surface area contributed by atoms with Gasteiger partial charge in [-0.25, -0.2) is 4.70 Å². The standard InChI is InChI=1S/C47H74N2.2C2H5.Pd/c1-8-15-22-28-39-34-43(35-40(29-23-16-9-2)45(39)31-24-17-10-3)47-41(27-20-13-6)36-46(49(47)48)42-32-37(25-18-11-4)44(30-21-14-7)38(33-42)26-19-12-5;2*1-2;/h32-36H,8-31H2,1-7H3;2*1H2,2H3;. The van der Waals surface area contributed by atoms with Gasteiger partial charge in [0.25, 0.3) is 0 Å². The van der Waals surface area contributed by atoms with Crippen molar-refractivity contribution in [2.24, 2.45) is 0 Å². The molecular formula is C51H84N2Pd. The van der Waals surface area contributed by atoms with Crippen LogP contribution in [-0.2, 0) is 56.5 Å². The first-order valence-corrected chi connectivity index (χ1v) is 25.3. The Morgan fingerprint density at radius 2 is 0.778 bits per heavy atom. The number of unbranched alkanes of at least 4 members (excludes halogenated alkanes) is 10. The predicted molar refractivity (Wildman–Crippen MR) is 237 cm³/mol. The van der Waals surface area contributed by atoms with Gasteiger partial charge in [0.15, 0.2) is 0 Å². The quantitative estimate of drug-likeness (QED) is 0.0464. The van der Waals surface area contributed by atoms with Gasteiger partial charge >= 0.3 is 41.6 Å². The molecule has 1 aliphatic heterocycles. The van der Waals surface area contributed by atoms with E-state index in [1.807, 2.05) is 0 Å². The molecule has 0 aromatic heterocycles. The molecule has 0 radical (unpaired) electrons. The summed E-state index contributed by atoms with van der Waals surface area (Å²) in [5.74, 6) is 0. The van der Waals surface area contributed by atoms with Crippen molar-refractivity contribution >= 4 is 11.4 Å². The first-order valence-electron chi connectivity index (χ1n) is 23.1. The molecule has 2 aromatic rings. The molecule has 54 heavy (non-hydrogen) atoms. The third-order valence-electron chi connectivity index (χ3n) is 11.1. The number of aryl methyl sites for hydroxylation is 4.